The number of carbonyl (C=O) groups is 1. The summed E-state index contributed by atoms with van der Waals surface area (Å²) in [7, 11) is 0. The smallest absolute Gasteiger partial charge is 0.342 e. The third kappa shape index (κ3) is 3.61. The average Bonchev–Trinajstić information content (AvgIpc) is 2.49. The van der Waals surface area contributed by atoms with Crippen LogP contribution in [0.3, 0.4) is 0 Å². The van der Waals surface area contributed by atoms with Crippen LogP contribution in [0.2, 0.25) is 0 Å². The highest BCUT2D eigenvalue weighted by molar-refractivity contribution is 5.80. The largest absolute Gasteiger partial charge is 0.464 e. The molecule has 2 rings (SSSR count). The Morgan fingerprint density at radius 2 is 1.62 bits per heavy atom. The molecule has 0 amide bonds. The molecule has 0 bridgehead atoms. The number of hydrogen-bond acceptors (Lipinski definition) is 4. The van der Waals surface area contributed by atoms with Crippen molar-refractivity contribution in [1.82, 2.24) is 0 Å². The predicted molar refractivity (Wildman–Crippen MR) is 79.2 cm³/mol. The average molecular weight is 286 g/mol. The van der Waals surface area contributed by atoms with Crippen molar-refractivity contribution in [2.75, 3.05) is 6.61 Å². The molecule has 21 heavy (non-hydrogen) atoms. The van der Waals surface area contributed by atoms with Gasteiger partial charge >= 0.3 is 5.97 Å². The highest BCUT2D eigenvalue weighted by Crippen LogP contribution is 2.26. The minimum absolute atomic E-state index is 0.226. The second-order valence-corrected chi connectivity index (χ2v) is 4.73. The molecule has 0 aliphatic carbocycles. The lowest BCUT2D eigenvalue weighted by molar-refractivity contribution is -0.164. The molecule has 0 aliphatic heterocycles. The molecule has 110 valence electrons. The highest BCUT2D eigenvalue weighted by atomic mass is 16.5. The number of rotatable bonds is 5. The maximum absolute atomic E-state index is 11.7. The lowest BCUT2D eigenvalue weighted by Crippen LogP contribution is -2.34. The van der Waals surface area contributed by atoms with Crippen molar-refractivity contribution in [3.05, 3.63) is 60.2 Å². The zero-order valence-electron chi connectivity index (χ0n) is 12.1. The molecule has 4 heteroatoms. The number of para-hydroxylation sites is 1. The fourth-order valence-corrected chi connectivity index (χ4v) is 1.86. The van der Waals surface area contributed by atoms with Gasteiger partial charge in [0, 0.05) is 0 Å². The Balaban J connectivity index is 2.13. The Hall–Kier alpha value is -2.33. The Labute approximate surface area is 123 Å². The molecule has 0 saturated heterocycles. The molecule has 0 fully saturated rings. The van der Waals surface area contributed by atoms with Crippen molar-refractivity contribution in [1.29, 1.82) is 0 Å². The first kappa shape index (κ1) is 15.1. The first-order chi connectivity index (χ1) is 10.0. The van der Waals surface area contributed by atoms with Gasteiger partial charge in [0.15, 0.2) is 5.60 Å². The maximum atomic E-state index is 11.7. The van der Waals surface area contributed by atoms with Gasteiger partial charge in [0.05, 0.1) is 6.61 Å². The number of esters is 1. The Morgan fingerprint density at radius 1 is 1.05 bits per heavy atom. The second kappa shape index (κ2) is 6.41. The van der Waals surface area contributed by atoms with E-state index in [9.17, 15) is 9.90 Å². The van der Waals surface area contributed by atoms with E-state index in [4.69, 9.17) is 9.47 Å². The third-order valence-corrected chi connectivity index (χ3v) is 3.07. The number of hydrogen-bond donors (Lipinski definition) is 1. The molecular formula is C17H18O4. The van der Waals surface area contributed by atoms with Crippen molar-refractivity contribution >= 4 is 5.97 Å². The van der Waals surface area contributed by atoms with E-state index in [1.54, 1.807) is 31.2 Å². The van der Waals surface area contributed by atoms with Gasteiger partial charge in [-0.3, -0.25) is 0 Å². The van der Waals surface area contributed by atoms with Gasteiger partial charge in [-0.2, -0.15) is 0 Å². The molecule has 0 saturated carbocycles. The first-order valence-electron chi connectivity index (χ1n) is 6.77. The lowest BCUT2D eigenvalue weighted by Gasteiger charge is -2.21. The van der Waals surface area contributed by atoms with Gasteiger partial charge < -0.3 is 14.6 Å². The molecule has 0 aliphatic rings. The summed E-state index contributed by atoms with van der Waals surface area (Å²) in [6.07, 6.45) is 0. The lowest BCUT2D eigenvalue weighted by atomic mass is 9.96. The summed E-state index contributed by atoms with van der Waals surface area (Å²) in [5, 5.41) is 10.3. The third-order valence-electron chi connectivity index (χ3n) is 3.07. The SMILES string of the molecule is CCOC(=O)[C@@](C)(O)c1ccc(Oc2ccccc2)cc1. The van der Waals surface area contributed by atoms with E-state index in [2.05, 4.69) is 0 Å². The van der Waals surface area contributed by atoms with Crippen LogP contribution >= 0.6 is 0 Å². The van der Waals surface area contributed by atoms with Gasteiger partial charge in [-0.05, 0) is 43.7 Å². The van der Waals surface area contributed by atoms with E-state index < -0.39 is 11.6 Å². The van der Waals surface area contributed by atoms with E-state index in [1.165, 1.54) is 6.92 Å². The zero-order valence-corrected chi connectivity index (χ0v) is 12.1. The van der Waals surface area contributed by atoms with Gasteiger partial charge in [0.25, 0.3) is 0 Å². The molecule has 0 heterocycles. The van der Waals surface area contributed by atoms with Crippen molar-refractivity contribution in [2.45, 2.75) is 19.4 Å². The number of ether oxygens (including phenoxy) is 2. The molecule has 1 N–H and O–H groups in total. The Kier molecular flexibility index (Phi) is 4.60. The molecule has 0 radical (unpaired) electrons. The summed E-state index contributed by atoms with van der Waals surface area (Å²) in [4.78, 5) is 11.7. The van der Waals surface area contributed by atoms with Crippen LogP contribution in [0.25, 0.3) is 0 Å². The van der Waals surface area contributed by atoms with E-state index in [-0.39, 0.29) is 6.61 Å². The number of aliphatic hydroxyl groups is 1. The highest BCUT2D eigenvalue weighted by Gasteiger charge is 2.33. The summed E-state index contributed by atoms with van der Waals surface area (Å²) < 4.78 is 10.5. The first-order valence-corrected chi connectivity index (χ1v) is 6.77. The van der Waals surface area contributed by atoms with Crippen LogP contribution in [-0.4, -0.2) is 17.7 Å². The second-order valence-electron chi connectivity index (χ2n) is 4.73. The quantitative estimate of drug-likeness (QED) is 0.857. The molecule has 0 unspecified atom stereocenters. The molecule has 0 spiro atoms. The molecule has 4 nitrogen and oxygen atoms in total. The number of benzene rings is 2. The summed E-state index contributed by atoms with van der Waals surface area (Å²) in [6.45, 7) is 3.34. The Morgan fingerprint density at radius 3 is 2.19 bits per heavy atom. The summed E-state index contributed by atoms with van der Waals surface area (Å²) in [5.41, 5.74) is -1.21. The minimum atomic E-state index is -1.67. The van der Waals surface area contributed by atoms with Crippen LogP contribution < -0.4 is 4.74 Å². The van der Waals surface area contributed by atoms with Crippen molar-refractivity contribution < 1.29 is 19.4 Å². The van der Waals surface area contributed by atoms with E-state index >= 15 is 0 Å². The van der Waals surface area contributed by atoms with Gasteiger partial charge in [0.2, 0.25) is 0 Å². The zero-order chi connectivity index (χ0) is 15.3. The fourth-order valence-electron chi connectivity index (χ4n) is 1.86. The van der Waals surface area contributed by atoms with Gasteiger partial charge in [-0.1, -0.05) is 30.3 Å². The van der Waals surface area contributed by atoms with Gasteiger partial charge in [-0.25, -0.2) is 4.79 Å². The van der Waals surface area contributed by atoms with Crippen molar-refractivity contribution in [3.8, 4) is 11.5 Å². The van der Waals surface area contributed by atoms with Crippen LogP contribution in [0.1, 0.15) is 19.4 Å². The van der Waals surface area contributed by atoms with Crippen LogP contribution in [0, 0.1) is 0 Å². The molecule has 2 aromatic carbocycles. The van der Waals surface area contributed by atoms with E-state index in [0.717, 1.165) is 5.75 Å². The molecule has 0 aromatic heterocycles. The summed E-state index contributed by atoms with van der Waals surface area (Å²) >= 11 is 0. The number of carbonyl (C=O) groups excluding carboxylic acids is 1. The van der Waals surface area contributed by atoms with Crippen LogP contribution in [0.5, 0.6) is 11.5 Å². The van der Waals surface area contributed by atoms with Crippen molar-refractivity contribution in [2.24, 2.45) is 0 Å². The standard InChI is InChI=1S/C17H18O4/c1-3-20-16(18)17(2,19)13-9-11-15(12-10-13)21-14-7-5-4-6-8-14/h4-12,19H,3H2,1-2H3/t17-/m0/s1. The molecule has 1 atom stereocenters. The topological polar surface area (TPSA) is 55.8 Å². The van der Waals surface area contributed by atoms with Crippen LogP contribution in [0.4, 0.5) is 0 Å². The van der Waals surface area contributed by atoms with Gasteiger partial charge in [0.1, 0.15) is 11.5 Å². The van der Waals surface area contributed by atoms with Crippen molar-refractivity contribution in [3.63, 3.8) is 0 Å². The summed E-state index contributed by atoms with van der Waals surface area (Å²) in [5.74, 6) is 0.689. The minimum Gasteiger partial charge on any atom is -0.464 e. The van der Waals surface area contributed by atoms with E-state index in [0.29, 0.717) is 11.3 Å². The predicted octanol–water partition coefficient (Wildman–Crippen LogP) is 3.25. The Bertz CT molecular complexity index is 588. The molecular weight excluding hydrogens is 268 g/mol. The summed E-state index contributed by atoms with van der Waals surface area (Å²) in [6, 6.07) is 16.1. The molecule has 2 aromatic rings. The fraction of sp³-hybridized carbons (Fsp3) is 0.235. The monoisotopic (exact) mass is 286 g/mol. The van der Waals surface area contributed by atoms with E-state index in [1.807, 2.05) is 30.3 Å². The van der Waals surface area contributed by atoms with Crippen LogP contribution in [0.15, 0.2) is 54.6 Å². The normalized spacial score (nSPS) is 13.3. The van der Waals surface area contributed by atoms with Gasteiger partial charge in [-0.15, -0.1) is 0 Å². The van der Waals surface area contributed by atoms with Crippen LogP contribution in [-0.2, 0) is 15.1 Å². The maximum Gasteiger partial charge on any atom is 0.342 e.